The van der Waals surface area contributed by atoms with E-state index in [1.807, 2.05) is 37.3 Å². The SMILES string of the molecule is CC1(C(=O)OCCOc2ccccc2)CCNCC1. The molecule has 0 radical (unpaired) electrons. The maximum atomic E-state index is 12.0. The van der Waals surface area contributed by atoms with Gasteiger partial charge in [-0.1, -0.05) is 18.2 Å². The van der Waals surface area contributed by atoms with E-state index < -0.39 is 0 Å². The van der Waals surface area contributed by atoms with E-state index in [1.54, 1.807) is 0 Å². The van der Waals surface area contributed by atoms with Gasteiger partial charge in [0.05, 0.1) is 5.41 Å². The first-order valence-corrected chi connectivity index (χ1v) is 6.76. The monoisotopic (exact) mass is 263 g/mol. The molecule has 0 spiro atoms. The van der Waals surface area contributed by atoms with Crippen LogP contribution in [0.25, 0.3) is 0 Å². The Balaban J connectivity index is 1.69. The van der Waals surface area contributed by atoms with Crippen molar-refractivity contribution < 1.29 is 14.3 Å². The average molecular weight is 263 g/mol. The Morgan fingerprint density at radius 1 is 1.21 bits per heavy atom. The summed E-state index contributed by atoms with van der Waals surface area (Å²) in [6.07, 6.45) is 1.68. The summed E-state index contributed by atoms with van der Waals surface area (Å²) >= 11 is 0. The Morgan fingerprint density at radius 2 is 1.89 bits per heavy atom. The maximum Gasteiger partial charge on any atom is 0.312 e. The van der Waals surface area contributed by atoms with Crippen LogP contribution in [0.1, 0.15) is 19.8 Å². The summed E-state index contributed by atoms with van der Waals surface area (Å²) in [7, 11) is 0. The number of para-hydroxylation sites is 1. The molecule has 19 heavy (non-hydrogen) atoms. The molecule has 1 fully saturated rings. The third kappa shape index (κ3) is 3.96. The summed E-state index contributed by atoms with van der Waals surface area (Å²) in [6, 6.07) is 9.53. The highest BCUT2D eigenvalue weighted by atomic mass is 16.6. The third-order valence-corrected chi connectivity index (χ3v) is 3.53. The van der Waals surface area contributed by atoms with Crippen molar-refractivity contribution >= 4 is 5.97 Å². The molecule has 2 rings (SSSR count). The van der Waals surface area contributed by atoms with Crippen LogP contribution in [0.4, 0.5) is 0 Å². The number of piperidine rings is 1. The third-order valence-electron chi connectivity index (χ3n) is 3.53. The van der Waals surface area contributed by atoms with Crippen molar-refractivity contribution in [1.82, 2.24) is 5.32 Å². The molecule has 1 heterocycles. The largest absolute Gasteiger partial charge is 0.490 e. The van der Waals surface area contributed by atoms with Gasteiger partial charge >= 0.3 is 5.97 Å². The summed E-state index contributed by atoms with van der Waals surface area (Å²) in [5, 5.41) is 3.25. The lowest BCUT2D eigenvalue weighted by Crippen LogP contribution is -2.41. The van der Waals surface area contributed by atoms with Crippen LogP contribution in [0.15, 0.2) is 30.3 Å². The second kappa shape index (κ2) is 6.57. The molecular formula is C15H21NO3. The van der Waals surface area contributed by atoms with Gasteiger partial charge in [0.25, 0.3) is 0 Å². The molecule has 0 aliphatic carbocycles. The van der Waals surface area contributed by atoms with E-state index in [-0.39, 0.29) is 11.4 Å². The topological polar surface area (TPSA) is 47.6 Å². The highest BCUT2D eigenvalue weighted by molar-refractivity contribution is 5.76. The fourth-order valence-corrected chi connectivity index (χ4v) is 2.17. The molecule has 104 valence electrons. The van der Waals surface area contributed by atoms with Gasteiger partial charge in [0, 0.05) is 0 Å². The van der Waals surface area contributed by atoms with E-state index in [1.165, 1.54) is 0 Å². The van der Waals surface area contributed by atoms with E-state index in [0.717, 1.165) is 31.7 Å². The zero-order chi connectivity index (χ0) is 13.6. The quantitative estimate of drug-likeness (QED) is 0.652. The minimum absolute atomic E-state index is 0.106. The van der Waals surface area contributed by atoms with Gasteiger partial charge in [0.1, 0.15) is 19.0 Å². The van der Waals surface area contributed by atoms with Crippen molar-refractivity contribution in [2.24, 2.45) is 5.41 Å². The molecule has 1 N–H and O–H groups in total. The van der Waals surface area contributed by atoms with Crippen LogP contribution in [-0.2, 0) is 9.53 Å². The fraction of sp³-hybridized carbons (Fsp3) is 0.533. The Kier molecular flexibility index (Phi) is 4.80. The van der Waals surface area contributed by atoms with Gasteiger partial charge in [0.15, 0.2) is 0 Å². The van der Waals surface area contributed by atoms with Crippen molar-refractivity contribution in [2.45, 2.75) is 19.8 Å². The standard InChI is InChI=1S/C15H21NO3/c1-15(7-9-16-10-8-15)14(17)19-12-11-18-13-5-3-2-4-6-13/h2-6,16H,7-12H2,1H3. The molecule has 1 aliphatic heterocycles. The first kappa shape index (κ1) is 13.9. The number of hydrogen-bond acceptors (Lipinski definition) is 4. The van der Waals surface area contributed by atoms with Crippen LogP contribution in [0.3, 0.4) is 0 Å². The lowest BCUT2D eigenvalue weighted by atomic mass is 9.81. The first-order chi connectivity index (χ1) is 9.21. The van der Waals surface area contributed by atoms with Crippen molar-refractivity contribution in [2.75, 3.05) is 26.3 Å². The Hall–Kier alpha value is -1.55. The number of nitrogens with one attached hydrogen (secondary N) is 1. The molecule has 0 aromatic heterocycles. The van der Waals surface area contributed by atoms with Gasteiger partial charge in [-0.05, 0) is 45.0 Å². The number of carbonyl (C=O) groups excluding carboxylic acids is 1. The van der Waals surface area contributed by atoms with Gasteiger partial charge in [-0.3, -0.25) is 4.79 Å². The van der Waals surface area contributed by atoms with Crippen molar-refractivity contribution in [3.05, 3.63) is 30.3 Å². The van der Waals surface area contributed by atoms with Crippen molar-refractivity contribution in [3.63, 3.8) is 0 Å². The molecular weight excluding hydrogens is 242 g/mol. The second-order valence-electron chi connectivity index (χ2n) is 5.11. The lowest BCUT2D eigenvalue weighted by molar-refractivity contribution is -0.157. The molecule has 0 amide bonds. The molecule has 4 heteroatoms. The predicted molar refractivity (Wildman–Crippen MR) is 73.1 cm³/mol. The number of hydrogen-bond donors (Lipinski definition) is 1. The Labute approximate surface area is 114 Å². The minimum Gasteiger partial charge on any atom is -0.490 e. The normalized spacial score (nSPS) is 17.7. The van der Waals surface area contributed by atoms with Gasteiger partial charge < -0.3 is 14.8 Å². The molecule has 0 atom stereocenters. The fourth-order valence-electron chi connectivity index (χ4n) is 2.17. The Bertz CT molecular complexity index is 399. The summed E-state index contributed by atoms with van der Waals surface area (Å²) in [6.45, 7) is 4.44. The zero-order valence-corrected chi connectivity index (χ0v) is 11.4. The minimum atomic E-state index is -0.335. The number of ether oxygens (including phenoxy) is 2. The summed E-state index contributed by atoms with van der Waals surface area (Å²) in [5.41, 5.74) is -0.335. The van der Waals surface area contributed by atoms with Crippen LogP contribution in [0.5, 0.6) is 5.75 Å². The van der Waals surface area contributed by atoms with Gasteiger partial charge in [-0.15, -0.1) is 0 Å². The van der Waals surface area contributed by atoms with Crippen LogP contribution in [0, 0.1) is 5.41 Å². The van der Waals surface area contributed by atoms with Gasteiger partial charge in [0.2, 0.25) is 0 Å². The van der Waals surface area contributed by atoms with Crippen LogP contribution < -0.4 is 10.1 Å². The van der Waals surface area contributed by atoms with E-state index in [0.29, 0.717) is 13.2 Å². The molecule has 0 saturated carbocycles. The van der Waals surface area contributed by atoms with Crippen molar-refractivity contribution in [3.8, 4) is 5.75 Å². The summed E-state index contributed by atoms with van der Waals surface area (Å²) in [4.78, 5) is 12.0. The molecule has 1 aromatic carbocycles. The maximum absolute atomic E-state index is 12.0. The van der Waals surface area contributed by atoms with Gasteiger partial charge in [-0.25, -0.2) is 0 Å². The van der Waals surface area contributed by atoms with E-state index in [2.05, 4.69) is 5.32 Å². The van der Waals surface area contributed by atoms with E-state index in [9.17, 15) is 4.79 Å². The molecule has 1 aromatic rings. The molecule has 0 unspecified atom stereocenters. The van der Waals surface area contributed by atoms with Crippen molar-refractivity contribution in [1.29, 1.82) is 0 Å². The lowest BCUT2D eigenvalue weighted by Gasteiger charge is -2.31. The van der Waals surface area contributed by atoms with Crippen LogP contribution in [-0.4, -0.2) is 32.3 Å². The number of esters is 1. The first-order valence-electron chi connectivity index (χ1n) is 6.76. The van der Waals surface area contributed by atoms with Crippen LogP contribution in [0.2, 0.25) is 0 Å². The highest BCUT2D eigenvalue weighted by Gasteiger charge is 2.35. The molecule has 0 bridgehead atoms. The molecule has 1 saturated heterocycles. The van der Waals surface area contributed by atoms with E-state index >= 15 is 0 Å². The smallest absolute Gasteiger partial charge is 0.312 e. The Morgan fingerprint density at radius 3 is 2.58 bits per heavy atom. The average Bonchev–Trinajstić information content (AvgIpc) is 2.45. The summed E-state index contributed by atoms with van der Waals surface area (Å²) < 4.78 is 10.8. The number of rotatable bonds is 5. The molecule has 4 nitrogen and oxygen atoms in total. The van der Waals surface area contributed by atoms with Crippen LogP contribution >= 0.6 is 0 Å². The molecule has 1 aliphatic rings. The van der Waals surface area contributed by atoms with E-state index in [4.69, 9.17) is 9.47 Å². The second-order valence-corrected chi connectivity index (χ2v) is 5.11. The number of benzene rings is 1. The summed E-state index contributed by atoms with van der Waals surface area (Å²) in [5.74, 6) is 0.692. The highest BCUT2D eigenvalue weighted by Crippen LogP contribution is 2.29. The number of carbonyl (C=O) groups is 1. The zero-order valence-electron chi connectivity index (χ0n) is 11.4. The van der Waals surface area contributed by atoms with Gasteiger partial charge in [-0.2, -0.15) is 0 Å². The predicted octanol–water partition coefficient (Wildman–Crippen LogP) is 2.00.